The van der Waals surface area contributed by atoms with Crippen LogP contribution >= 0.6 is 0 Å². The lowest BCUT2D eigenvalue weighted by Gasteiger charge is -2.19. The summed E-state index contributed by atoms with van der Waals surface area (Å²) in [6, 6.07) is 13.6. The smallest absolute Gasteiger partial charge is 0.235 e. The van der Waals surface area contributed by atoms with E-state index >= 15 is 0 Å². The summed E-state index contributed by atoms with van der Waals surface area (Å²) in [5.41, 5.74) is 1.05. The number of nitrogens with one attached hydrogen (secondary N) is 1. The summed E-state index contributed by atoms with van der Waals surface area (Å²) in [6.45, 7) is 0. The normalized spacial score (nSPS) is 10.9. The number of nitrogens with zero attached hydrogens (tertiary/aromatic N) is 1. The first kappa shape index (κ1) is 19.6. The molecule has 0 radical (unpaired) electrons. The second-order valence-electron chi connectivity index (χ2n) is 5.49. The Bertz CT molecular complexity index is 853. The molecule has 1 amide bonds. The van der Waals surface area contributed by atoms with E-state index in [4.69, 9.17) is 9.47 Å². The first-order valence-corrected chi connectivity index (χ1v) is 9.52. The third-order valence-electron chi connectivity index (χ3n) is 3.79. The Balaban J connectivity index is 1.98. The van der Waals surface area contributed by atoms with Gasteiger partial charge in [-0.2, -0.15) is 0 Å². The van der Waals surface area contributed by atoms with Crippen molar-refractivity contribution < 1.29 is 22.7 Å². The van der Waals surface area contributed by atoms with Crippen molar-refractivity contribution in [1.29, 1.82) is 0 Å². The zero-order valence-corrected chi connectivity index (χ0v) is 15.7. The highest BCUT2D eigenvalue weighted by atomic mass is 32.2. The monoisotopic (exact) mass is 378 g/mol. The molecule has 2 aromatic carbocycles. The summed E-state index contributed by atoms with van der Waals surface area (Å²) < 4.78 is 36.2. The van der Waals surface area contributed by atoms with E-state index in [9.17, 15) is 13.2 Å². The minimum absolute atomic E-state index is 0.159. The number of hydrogen-bond acceptors (Lipinski definition) is 5. The molecule has 8 heteroatoms. The number of sulfonamides is 1. The summed E-state index contributed by atoms with van der Waals surface area (Å²) >= 11 is 0. The average Bonchev–Trinajstić information content (AvgIpc) is 2.66. The Morgan fingerprint density at radius 3 is 2.31 bits per heavy atom. The number of para-hydroxylation sites is 1. The van der Waals surface area contributed by atoms with Gasteiger partial charge in [-0.25, -0.2) is 8.42 Å². The van der Waals surface area contributed by atoms with Crippen molar-refractivity contribution in [1.82, 2.24) is 0 Å². The van der Waals surface area contributed by atoms with E-state index in [-0.39, 0.29) is 12.2 Å². The van der Waals surface area contributed by atoms with Gasteiger partial charge in [-0.3, -0.25) is 9.10 Å². The Morgan fingerprint density at radius 2 is 1.69 bits per heavy atom. The van der Waals surface area contributed by atoms with Gasteiger partial charge < -0.3 is 14.8 Å². The number of ether oxygens (including phenoxy) is 2. The topological polar surface area (TPSA) is 84.9 Å². The molecule has 0 aliphatic rings. The van der Waals surface area contributed by atoms with Crippen LogP contribution in [0.1, 0.15) is 6.42 Å². The van der Waals surface area contributed by atoms with Crippen LogP contribution in [-0.2, 0) is 14.8 Å². The summed E-state index contributed by atoms with van der Waals surface area (Å²) in [6.07, 6.45) is -0.159. The van der Waals surface area contributed by atoms with Crippen LogP contribution in [0.25, 0.3) is 0 Å². The minimum atomic E-state index is -3.60. The Hall–Kier alpha value is -2.74. The molecule has 7 nitrogen and oxygen atoms in total. The largest absolute Gasteiger partial charge is 0.493 e. The molecule has 0 spiro atoms. The number of anilines is 2. The van der Waals surface area contributed by atoms with Crippen LogP contribution in [0.3, 0.4) is 0 Å². The number of hydrogen-bond donors (Lipinski definition) is 1. The quantitative estimate of drug-likeness (QED) is 0.763. The Morgan fingerprint density at radius 1 is 1.04 bits per heavy atom. The van der Waals surface area contributed by atoms with Crippen molar-refractivity contribution in [2.75, 3.05) is 36.6 Å². The summed E-state index contributed by atoms with van der Waals surface area (Å²) in [5, 5.41) is 2.66. The van der Waals surface area contributed by atoms with Crippen LogP contribution < -0.4 is 19.1 Å². The third kappa shape index (κ3) is 4.89. The fourth-order valence-corrected chi connectivity index (χ4v) is 3.45. The van der Waals surface area contributed by atoms with Crippen molar-refractivity contribution in [2.24, 2.45) is 0 Å². The molecule has 0 unspecified atom stereocenters. The standard InChI is InChI=1S/C18H22N2O5S/c1-20(15-7-5-4-6-8-15)26(22,23)12-11-18(21)19-14-9-10-16(24-2)17(13-14)25-3/h4-10,13H,11-12H2,1-3H3,(H,19,21). The van der Waals surface area contributed by atoms with Crippen LogP contribution in [0.5, 0.6) is 11.5 Å². The van der Waals surface area contributed by atoms with E-state index in [0.717, 1.165) is 0 Å². The molecule has 140 valence electrons. The fourth-order valence-electron chi connectivity index (χ4n) is 2.29. The van der Waals surface area contributed by atoms with Gasteiger partial charge in [0.15, 0.2) is 11.5 Å². The number of carbonyl (C=O) groups excluding carboxylic acids is 1. The number of rotatable bonds is 8. The summed E-state index contributed by atoms with van der Waals surface area (Å²) in [4.78, 5) is 12.1. The zero-order valence-electron chi connectivity index (χ0n) is 14.9. The number of methoxy groups -OCH3 is 2. The van der Waals surface area contributed by atoms with Crippen molar-refractivity contribution in [3.63, 3.8) is 0 Å². The number of benzene rings is 2. The molecule has 0 saturated carbocycles. The van der Waals surface area contributed by atoms with Gasteiger partial charge in [-0.1, -0.05) is 18.2 Å². The van der Waals surface area contributed by atoms with Gasteiger partial charge in [-0.15, -0.1) is 0 Å². The van der Waals surface area contributed by atoms with E-state index in [0.29, 0.717) is 22.9 Å². The first-order valence-electron chi connectivity index (χ1n) is 7.91. The van der Waals surface area contributed by atoms with Crippen LogP contribution in [0.2, 0.25) is 0 Å². The lowest BCUT2D eigenvalue weighted by atomic mass is 10.2. The van der Waals surface area contributed by atoms with Crippen LogP contribution in [0.4, 0.5) is 11.4 Å². The van der Waals surface area contributed by atoms with Gasteiger partial charge in [-0.05, 0) is 24.3 Å². The van der Waals surface area contributed by atoms with Crippen molar-refractivity contribution in [3.8, 4) is 11.5 Å². The highest BCUT2D eigenvalue weighted by Gasteiger charge is 2.20. The highest BCUT2D eigenvalue weighted by Crippen LogP contribution is 2.29. The van der Waals surface area contributed by atoms with Crippen molar-refractivity contribution >= 4 is 27.3 Å². The first-order chi connectivity index (χ1) is 12.4. The molecular weight excluding hydrogens is 356 g/mol. The number of carbonyl (C=O) groups is 1. The van der Waals surface area contributed by atoms with E-state index in [1.54, 1.807) is 48.5 Å². The van der Waals surface area contributed by atoms with Gasteiger partial charge in [0.1, 0.15) is 0 Å². The Labute approximate surface area is 153 Å². The molecule has 2 aromatic rings. The molecule has 0 aromatic heterocycles. The molecule has 26 heavy (non-hydrogen) atoms. The lowest BCUT2D eigenvalue weighted by Crippen LogP contribution is -2.30. The molecule has 0 bridgehead atoms. The summed E-state index contributed by atoms with van der Waals surface area (Å²) in [5.74, 6) is 0.318. The predicted octanol–water partition coefficient (Wildman–Crippen LogP) is 2.50. The van der Waals surface area contributed by atoms with Gasteiger partial charge >= 0.3 is 0 Å². The second kappa shape index (κ2) is 8.57. The Kier molecular flexibility index (Phi) is 6.46. The van der Waals surface area contributed by atoms with Crippen LogP contribution in [0, 0.1) is 0 Å². The van der Waals surface area contributed by atoms with E-state index in [1.165, 1.54) is 25.6 Å². The second-order valence-corrected chi connectivity index (χ2v) is 7.61. The molecule has 0 saturated heterocycles. The van der Waals surface area contributed by atoms with Crippen molar-refractivity contribution in [3.05, 3.63) is 48.5 Å². The van der Waals surface area contributed by atoms with Crippen LogP contribution in [0.15, 0.2) is 48.5 Å². The molecule has 0 fully saturated rings. The van der Waals surface area contributed by atoms with E-state index < -0.39 is 15.9 Å². The van der Waals surface area contributed by atoms with Gasteiger partial charge in [0.05, 0.1) is 25.7 Å². The molecule has 1 N–H and O–H groups in total. The predicted molar refractivity (Wildman–Crippen MR) is 101 cm³/mol. The minimum Gasteiger partial charge on any atom is -0.493 e. The molecular formula is C18H22N2O5S. The van der Waals surface area contributed by atoms with Gasteiger partial charge in [0.2, 0.25) is 15.9 Å². The number of amides is 1. The van der Waals surface area contributed by atoms with E-state index in [1.807, 2.05) is 0 Å². The fraction of sp³-hybridized carbons (Fsp3) is 0.278. The molecule has 0 atom stereocenters. The summed E-state index contributed by atoms with van der Waals surface area (Å²) in [7, 11) is 0.886. The van der Waals surface area contributed by atoms with E-state index in [2.05, 4.69) is 5.32 Å². The molecule has 2 rings (SSSR count). The van der Waals surface area contributed by atoms with Crippen molar-refractivity contribution in [2.45, 2.75) is 6.42 Å². The molecule has 0 aliphatic heterocycles. The van der Waals surface area contributed by atoms with Crippen LogP contribution in [-0.4, -0.2) is 41.3 Å². The maximum atomic E-state index is 12.4. The maximum absolute atomic E-state index is 12.4. The SMILES string of the molecule is COc1ccc(NC(=O)CCS(=O)(=O)N(C)c2ccccc2)cc1OC. The molecule has 0 heterocycles. The zero-order chi connectivity index (χ0) is 19.2. The highest BCUT2D eigenvalue weighted by molar-refractivity contribution is 7.92. The van der Waals surface area contributed by atoms with Gasteiger partial charge in [0.25, 0.3) is 0 Å². The molecule has 0 aliphatic carbocycles. The maximum Gasteiger partial charge on any atom is 0.235 e. The lowest BCUT2D eigenvalue weighted by molar-refractivity contribution is -0.115. The average molecular weight is 378 g/mol. The third-order valence-corrected chi connectivity index (χ3v) is 5.56. The van der Waals surface area contributed by atoms with Gasteiger partial charge in [0, 0.05) is 25.2 Å².